The number of ether oxygens (including phenoxy) is 1. The van der Waals surface area contributed by atoms with Gasteiger partial charge in [-0.2, -0.15) is 0 Å². The van der Waals surface area contributed by atoms with Crippen molar-refractivity contribution in [3.8, 4) is 0 Å². The third-order valence-corrected chi connectivity index (χ3v) is 11.7. The predicted molar refractivity (Wildman–Crippen MR) is 114 cm³/mol. The van der Waals surface area contributed by atoms with Crippen molar-refractivity contribution in [2.75, 3.05) is 7.11 Å². The second kappa shape index (κ2) is 7.84. The monoisotopic (exact) mass is 411 g/mol. The summed E-state index contributed by atoms with van der Waals surface area (Å²) in [5.41, 5.74) is -0.639. The van der Waals surface area contributed by atoms with Gasteiger partial charge < -0.3 is 0 Å². The van der Waals surface area contributed by atoms with Crippen molar-refractivity contribution in [2.45, 2.75) is 43.9 Å². The summed E-state index contributed by atoms with van der Waals surface area (Å²) in [5.74, 6) is -0.103. The van der Waals surface area contributed by atoms with Crippen LogP contribution in [-0.2, 0) is 18.8 Å². The molecule has 0 radical (unpaired) electrons. The Morgan fingerprint density at radius 2 is 1.55 bits per heavy atom. The van der Waals surface area contributed by atoms with Crippen LogP contribution in [0.5, 0.6) is 0 Å². The number of carbonyl (C=O) groups is 1. The number of isocyanates is 1. The predicted octanol–water partition coefficient (Wildman–Crippen LogP) is 3.88. The van der Waals surface area contributed by atoms with E-state index in [9.17, 15) is 9.59 Å². The number of hydrogen-bond acceptors (Lipinski definition) is 5. The SMILES string of the molecule is COC(=O)C1C(C2CCCCC2)OP1(N=C=O)(c1ccccc1)c1ccccc1. The minimum absolute atomic E-state index is 0.261. The number of methoxy groups -OCH3 is 1. The van der Waals surface area contributed by atoms with Crippen molar-refractivity contribution in [1.82, 2.24) is 0 Å². The van der Waals surface area contributed by atoms with E-state index in [0.29, 0.717) is 0 Å². The molecule has 0 amide bonds. The van der Waals surface area contributed by atoms with Crippen LogP contribution in [0.1, 0.15) is 32.1 Å². The molecule has 0 aromatic heterocycles. The van der Waals surface area contributed by atoms with E-state index in [1.807, 2.05) is 60.7 Å². The second-order valence-corrected chi connectivity index (χ2v) is 12.0. The number of nitrogens with zero attached hydrogens (tertiary/aromatic N) is 1. The number of hydrogen-bond donors (Lipinski definition) is 0. The summed E-state index contributed by atoms with van der Waals surface area (Å²) in [6.45, 7) is -3.99. The normalized spacial score (nSPS) is 26.7. The molecule has 2 aromatic carbocycles. The maximum atomic E-state index is 13.2. The number of benzene rings is 2. The molecular formula is C23H26NO4P. The van der Waals surface area contributed by atoms with Crippen molar-refractivity contribution in [2.24, 2.45) is 10.7 Å². The first-order valence-corrected chi connectivity index (χ1v) is 12.3. The summed E-state index contributed by atoms with van der Waals surface area (Å²) in [5, 5.41) is 1.52. The van der Waals surface area contributed by atoms with Crippen LogP contribution >= 0.6 is 6.98 Å². The minimum atomic E-state index is -3.99. The maximum absolute atomic E-state index is 13.2. The van der Waals surface area contributed by atoms with Crippen LogP contribution < -0.4 is 10.6 Å². The molecule has 1 aliphatic heterocycles. The molecule has 6 heteroatoms. The van der Waals surface area contributed by atoms with Gasteiger partial charge in [0, 0.05) is 0 Å². The molecule has 1 heterocycles. The summed E-state index contributed by atoms with van der Waals surface area (Å²) in [6, 6.07) is 19.0. The Hall–Kier alpha value is -2.32. The van der Waals surface area contributed by atoms with E-state index in [0.717, 1.165) is 36.3 Å². The van der Waals surface area contributed by atoms with Gasteiger partial charge in [-0.05, 0) is 0 Å². The van der Waals surface area contributed by atoms with Gasteiger partial charge in [-0.15, -0.1) is 0 Å². The zero-order valence-corrected chi connectivity index (χ0v) is 17.5. The summed E-state index contributed by atoms with van der Waals surface area (Å²) < 4.78 is 16.5. The van der Waals surface area contributed by atoms with Crippen LogP contribution in [0, 0.1) is 5.92 Å². The first-order chi connectivity index (χ1) is 14.2. The molecule has 2 unspecified atom stereocenters. The van der Waals surface area contributed by atoms with E-state index in [1.54, 1.807) is 6.08 Å². The number of carbonyl (C=O) groups excluding carboxylic acids is 2. The van der Waals surface area contributed by atoms with E-state index < -0.39 is 12.6 Å². The molecule has 4 rings (SSSR count). The molecule has 1 saturated carbocycles. The number of rotatable bonds is 5. The fraction of sp³-hybridized carbons (Fsp3) is 0.391. The quantitative estimate of drug-likeness (QED) is 0.324. The van der Waals surface area contributed by atoms with Gasteiger partial charge in [0.2, 0.25) is 0 Å². The van der Waals surface area contributed by atoms with Gasteiger partial charge in [0.15, 0.2) is 0 Å². The molecule has 2 aromatic rings. The molecule has 1 saturated heterocycles. The van der Waals surface area contributed by atoms with Crippen LogP contribution in [0.25, 0.3) is 0 Å². The fourth-order valence-corrected chi connectivity index (χ4v) is 10.5. The van der Waals surface area contributed by atoms with Gasteiger partial charge in [0.1, 0.15) is 0 Å². The fourth-order valence-electron chi connectivity index (χ4n) is 5.14. The van der Waals surface area contributed by atoms with Crippen molar-refractivity contribution >= 4 is 29.6 Å². The van der Waals surface area contributed by atoms with Crippen molar-refractivity contribution < 1.29 is 18.8 Å². The molecule has 0 N–H and O–H groups in total. The van der Waals surface area contributed by atoms with Crippen molar-refractivity contribution in [3.63, 3.8) is 0 Å². The first-order valence-electron chi connectivity index (χ1n) is 10.2. The van der Waals surface area contributed by atoms with Crippen LogP contribution in [-0.4, -0.2) is 30.9 Å². The average molecular weight is 411 g/mol. The van der Waals surface area contributed by atoms with E-state index in [1.165, 1.54) is 13.5 Å². The van der Waals surface area contributed by atoms with Crippen molar-refractivity contribution in [1.29, 1.82) is 0 Å². The average Bonchev–Trinajstić information content (AvgIpc) is 2.78. The third-order valence-electron chi connectivity index (χ3n) is 6.47. The second-order valence-electron chi connectivity index (χ2n) is 7.85. The molecule has 152 valence electrons. The molecule has 2 atom stereocenters. The topological polar surface area (TPSA) is 65.0 Å². The zero-order valence-electron chi connectivity index (χ0n) is 16.6. The Morgan fingerprint density at radius 3 is 2.03 bits per heavy atom. The molecule has 29 heavy (non-hydrogen) atoms. The van der Waals surface area contributed by atoms with Gasteiger partial charge in [-0.3, -0.25) is 0 Å². The molecule has 1 aliphatic carbocycles. The van der Waals surface area contributed by atoms with Crippen LogP contribution in [0.15, 0.2) is 65.4 Å². The Balaban J connectivity index is 1.97. The van der Waals surface area contributed by atoms with Gasteiger partial charge in [0.05, 0.1) is 0 Å². The molecular weight excluding hydrogens is 385 g/mol. The van der Waals surface area contributed by atoms with Gasteiger partial charge in [-0.1, -0.05) is 0 Å². The molecule has 0 spiro atoms. The molecule has 5 nitrogen and oxygen atoms in total. The summed E-state index contributed by atoms with van der Waals surface area (Å²) >= 11 is 0. The standard InChI is InChI=1S/C23H26NO4P/c1-27-23(26)22-21(18-11-5-2-6-12-18)28-29(22,24-17-25,19-13-7-3-8-14-19)20-15-9-4-10-16-20/h3-4,7-10,13-16,18,21-22H,2,5-6,11-12H2,1H3. The Morgan fingerprint density at radius 1 is 1.00 bits per heavy atom. The van der Waals surface area contributed by atoms with E-state index >= 15 is 0 Å². The van der Waals surface area contributed by atoms with Crippen LogP contribution in [0.2, 0.25) is 0 Å². The van der Waals surface area contributed by atoms with E-state index in [4.69, 9.17) is 9.26 Å². The van der Waals surface area contributed by atoms with Gasteiger partial charge in [0.25, 0.3) is 0 Å². The third kappa shape index (κ3) is 2.88. The number of esters is 1. The molecule has 0 bridgehead atoms. The Bertz CT molecular complexity index is 881. The summed E-state index contributed by atoms with van der Waals surface area (Å²) in [7, 11) is 1.39. The Kier molecular flexibility index (Phi) is 5.40. The van der Waals surface area contributed by atoms with E-state index in [2.05, 4.69) is 4.76 Å². The summed E-state index contributed by atoms with van der Waals surface area (Å²) in [6.07, 6.45) is 6.96. The van der Waals surface area contributed by atoms with E-state index in [-0.39, 0.29) is 18.0 Å². The zero-order chi connectivity index (χ0) is 20.3. The molecule has 2 fully saturated rings. The Labute approximate surface area is 171 Å². The molecule has 2 aliphatic rings. The van der Waals surface area contributed by atoms with Crippen LogP contribution in [0.4, 0.5) is 0 Å². The van der Waals surface area contributed by atoms with Gasteiger partial charge in [-0.25, -0.2) is 0 Å². The first kappa shape index (κ1) is 20.0. The van der Waals surface area contributed by atoms with Crippen molar-refractivity contribution in [3.05, 3.63) is 60.7 Å². The van der Waals surface area contributed by atoms with Crippen LogP contribution in [0.3, 0.4) is 0 Å². The summed E-state index contributed by atoms with van der Waals surface area (Å²) in [4.78, 5) is 25.0. The van der Waals surface area contributed by atoms with Gasteiger partial charge >= 0.3 is 171 Å².